The number of rotatable bonds is 6. The summed E-state index contributed by atoms with van der Waals surface area (Å²) in [5.41, 5.74) is 5.89. The van der Waals surface area contributed by atoms with E-state index in [1.807, 2.05) is 13.8 Å². The maximum absolute atomic E-state index is 11.2. The summed E-state index contributed by atoms with van der Waals surface area (Å²) in [5.74, 6) is -0.661. The van der Waals surface area contributed by atoms with Crippen LogP contribution in [0.25, 0.3) is 0 Å². The number of nitrogens with two attached hydrogens (primary N) is 1. The highest BCUT2D eigenvalue weighted by Gasteiger charge is 2.25. The number of amides is 1. The molecule has 0 saturated carbocycles. The van der Waals surface area contributed by atoms with Gasteiger partial charge in [0, 0.05) is 17.5 Å². The predicted molar refractivity (Wildman–Crippen MR) is 75.5 cm³/mol. The number of esters is 1. The molecule has 3 N–H and O–H groups in total. The van der Waals surface area contributed by atoms with Gasteiger partial charge < -0.3 is 15.6 Å². The number of methoxy groups -OCH3 is 1. The average Bonchev–Trinajstić information content (AvgIpc) is 2.38. The molecule has 0 radical (unpaired) electrons. The summed E-state index contributed by atoms with van der Waals surface area (Å²) < 4.78 is 4.60. The van der Waals surface area contributed by atoms with Crippen LogP contribution in [-0.2, 0) is 14.9 Å². The van der Waals surface area contributed by atoms with E-state index < -0.39 is 5.91 Å². The van der Waals surface area contributed by atoms with Crippen LogP contribution < -0.4 is 5.73 Å². The fourth-order valence-electron chi connectivity index (χ4n) is 2.14. The van der Waals surface area contributed by atoms with E-state index in [0.29, 0.717) is 30.4 Å². The Morgan fingerprint density at radius 3 is 2.55 bits per heavy atom. The molecule has 1 rings (SSSR count). The first-order valence-electron chi connectivity index (χ1n) is 6.48. The average molecular weight is 279 g/mol. The van der Waals surface area contributed by atoms with Gasteiger partial charge in [0.15, 0.2) is 0 Å². The Morgan fingerprint density at radius 1 is 1.35 bits per heavy atom. The van der Waals surface area contributed by atoms with E-state index in [0.717, 1.165) is 0 Å². The Hall–Kier alpha value is -2.04. The molecular weight excluding hydrogens is 258 g/mol. The van der Waals surface area contributed by atoms with E-state index in [1.54, 1.807) is 6.07 Å². The Morgan fingerprint density at radius 2 is 2.00 bits per heavy atom. The molecule has 1 aromatic rings. The minimum atomic E-state index is -0.531. The van der Waals surface area contributed by atoms with Gasteiger partial charge in [0.25, 0.3) is 0 Å². The monoisotopic (exact) mass is 279 g/mol. The molecule has 0 bridgehead atoms. The number of aromatic hydroxyl groups is 1. The van der Waals surface area contributed by atoms with Crippen molar-refractivity contribution in [1.82, 2.24) is 0 Å². The zero-order valence-corrected chi connectivity index (χ0v) is 12.1. The first-order chi connectivity index (χ1) is 9.27. The number of benzene rings is 1. The van der Waals surface area contributed by atoms with E-state index in [4.69, 9.17) is 5.73 Å². The molecule has 0 fully saturated rings. The Kier molecular flexibility index (Phi) is 5.13. The molecule has 20 heavy (non-hydrogen) atoms. The second kappa shape index (κ2) is 6.41. The summed E-state index contributed by atoms with van der Waals surface area (Å²) in [6, 6.07) is 4.57. The maximum atomic E-state index is 11.2. The molecule has 0 saturated heterocycles. The van der Waals surface area contributed by atoms with Crippen LogP contribution in [0, 0.1) is 0 Å². The van der Waals surface area contributed by atoms with Crippen molar-refractivity contribution in [3.63, 3.8) is 0 Å². The van der Waals surface area contributed by atoms with Crippen LogP contribution in [-0.4, -0.2) is 24.1 Å². The van der Waals surface area contributed by atoms with Gasteiger partial charge in [-0.05, 0) is 36.5 Å². The van der Waals surface area contributed by atoms with Crippen molar-refractivity contribution >= 4 is 11.9 Å². The van der Waals surface area contributed by atoms with Crippen LogP contribution in [0.15, 0.2) is 18.2 Å². The standard InChI is InChI=1S/C15H21NO4/c1-15(2,8-4-5-13(18)20-3)11-9-10(14(16)19)6-7-12(11)17/h6-7,9,17H,4-5,8H2,1-3H3,(H2,16,19). The molecule has 5 heteroatoms. The van der Waals surface area contributed by atoms with Crippen molar-refractivity contribution in [3.8, 4) is 5.75 Å². The minimum absolute atomic E-state index is 0.123. The first-order valence-corrected chi connectivity index (χ1v) is 6.48. The van der Waals surface area contributed by atoms with Gasteiger partial charge in [-0.2, -0.15) is 0 Å². The lowest BCUT2D eigenvalue weighted by molar-refractivity contribution is -0.140. The van der Waals surface area contributed by atoms with E-state index in [1.165, 1.54) is 19.2 Å². The van der Waals surface area contributed by atoms with Crippen LogP contribution >= 0.6 is 0 Å². The van der Waals surface area contributed by atoms with Crippen LogP contribution in [0.4, 0.5) is 0 Å². The van der Waals surface area contributed by atoms with Crippen LogP contribution in [0.3, 0.4) is 0 Å². The summed E-state index contributed by atoms with van der Waals surface area (Å²) in [6.45, 7) is 3.90. The highest BCUT2D eigenvalue weighted by atomic mass is 16.5. The number of hydrogen-bond donors (Lipinski definition) is 2. The number of ether oxygens (including phenoxy) is 1. The minimum Gasteiger partial charge on any atom is -0.508 e. The Labute approximate surface area is 118 Å². The number of primary amides is 1. The van der Waals surface area contributed by atoms with Crippen molar-refractivity contribution in [2.45, 2.75) is 38.5 Å². The number of carbonyl (C=O) groups is 2. The summed E-state index contributed by atoms with van der Waals surface area (Å²) in [6.07, 6.45) is 1.65. The smallest absolute Gasteiger partial charge is 0.305 e. The number of phenolic OH excluding ortho intramolecular Hbond substituents is 1. The van der Waals surface area contributed by atoms with Gasteiger partial charge in [0.2, 0.25) is 5.91 Å². The van der Waals surface area contributed by atoms with Gasteiger partial charge in [0.1, 0.15) is 5.75 Å². The molecule has 0 unspecified atom stereocenters. The molecule has 0 spiro atoms. The Bertz CT molecular complexity index is 509. The molecule has 0 aliphatic carbocycles. The third-order valence-corrected chi connectivity index (χ3v) is 3.42. The fraction of sp³-hybridized carbons (Fsp3) is 0.467. The highest BCUT2D eigenvalue weighted by molar-refractivity contribution is 5.93. The summed E-state index contributed by atoms with van der Waals surface area (Å²) in [7, 11) is 1.36. The first kappa shape index (κ1) is 16.0. The third-order valence-electron chi connectivity index (χ3n) is 3.42. The van der Waals surface area contributed by atoms with Crippen molar-refractivity contribution in [3.05, 3.63) is 29.3 Å². The molecular formula is C15H21NO4. The third kappa shape index (κ3) is 3.98. The number of phenols is 1. The van der Waals surface area contributed by atoms with E-state index in [2.05, 4.69) is 4.74 Å². The second-order valence-corrected chi connectivity index (χ2v) is 5.41. The number of carbonyl (C=O) groups excluding carboxylic acids is 2. The van der Waals surface area contributed by atoms with Crippen molar-refractivity contribution in [2.75, 3.05) is 7.11 Å². The zero-order valence-electron chi connectivity index (χ0n) is 12.1. The molecule has 0 aliphatic rings. The summed E-state index contributed by atoms with van der Waals surface area (Å²) in [4.78, 5) is 22.3. The van der Waals surface area contributed by atoms with Gasteiger partial charge in [-0.15, -0.1) is 0 Å². The van der Waals surface area contributed by atoms with Gasteiger partial charge in [-0.25, -0.2) is 0 Å². The quantitative estimate of drug-likeness (QED) is 0.780. The predicted octanol–water partition coefficient (Wildman–Crippen LogP) is 2.11. The van der Waals surface area contributed by atoms with Gasteiger partial charge >= 0.3 is 5.97 Å². The molecule has 1 aromatic carbocycles. The summed E-state index contributed by atoms with van der Waals surface area (Å²) in [5, 5.41) is 9.96. The largest absolute Gasteiger partial charge is 0.508 e. The number of hydrogen-bond acceptors (Lipinski definition) is 4. The SMILES string of the molecule is COC(=O)CCCC(C)(C)c1cc(C(N)=O)ccc1O. The van der Waals surface area contributed by atoms with Crippen molar-refractivity contribution in [1.29, 1.82) is 0 Å². The van der Waals surface area contributed by atoms with Crippen molar-refractivity contribution in [2.24, 2.45) is 5.73 Å². The second-order valence-electron chi connectivity index (χ2n) is 5.41. The van der Waals surface area contributed by atoms with Crippen LogP contribution in [0.2, 0.25) is 0 Å². The molecule has 5 nitrogen and oxygen atoms in total. The maximum Gasteiger partial charge on any atom is 0.305 e. The Balaban J connectivity index is 2.88. The van der Waals surface area contributed by atoms with Gasteiger partial charge in [-0.3, -0.25) is 9.59 Å². The molecule has 110 valence electrons. The van der Waals surface area contributed by atoms with Gasteiger partial charge in [-0.1, -0.05) is 13.8 Å². The lowest BCUT2D eigenvalue weighted by atomic mass is 9.79. The molecule has 0 aromatic heterocycles. The fourth-order valence-corrected chi connectivity index (χ4v) is 2.14. The van der Waals surface area contributed by atoms with Crippen molar-refractivity contribution < 1.29 is 19.4 Å². The van der Waals surface area contributed by atoms with Crippen LogP contribution in [0.5, 0.6) is 5.75 Å². The molecule has 0 atom stereocenters. The summed E-state index contributed by atoms with van der Waals surface area (Å²) >= 11 is 0. The van der Waals surface area contributed by atoms with E-state index in [-0.39, 0.29) is 17.1 Å². The molecule has 0 aliphatic heterocycles. The topological polar surface area (TPSA) is 89.6 Å². The van der Waals surface area contributed by atoms with Gasteiger partial charge in [0.05, 0.1) is 7.11 Å². The lowest BCUT2D eigenvalue weighted by Gasteiger charge is -2.26. The highest BCUT2D eigenvalue weighted by Crippen LogP contribution is 2.35. The normalized spacial score (nSPS) is 11.2. The van der Waals surface area contributed by atoms with E-state index in [9.17, 15) is 14.7 Å². The lowest BCUT2D eigenvalue weighted by Crippen LogP contribution is -2.20. The molecule has 1 amide bonds. The van der Waals surface area contributed by atoms with Crippen LogP contribution in [0.1, 0.15) is 49.0 Å². The zero-order chi connectivity index (χ0) is 15.3. The van der Waals surface area contributed by atoms with E-state index >= 15 is 0 Å². The molecule has 0 heterocycles.